The maximum absolute atomic E-state index is 12.2. The average molecular weight is 348 g/mol. The second kappa shape index (κ2) is 6.91. The quantitative estimate of drug-likeness (QED) is 0.441. The lowest BCUT2D eigenvalue weighted by Gasteiger charge is -2.27. The van der Waals surface area contributed by atoms with Crippen molar-refractivity contribution >= 4 is 35.6 Å². The van der Waals surface area contributed by atoms with E-state index < -0.39 is 35.7 Å². The summed E-state index contributed by atoms with van der Waals surface area (Å²) in [6.45, 7) is 0. The van der Waals surface area contributed by atoms with Gasteiger partial charge in [0.2, 0.25) is 11.8 Å². The smallest absolute Gasteiger partial charge is 0.414 e. The van der Waals surface area contributed by atoms with E-state index in [0.29, 0.717) is 11.1 Å². The molecule has 0 saturated carbocycles. The fourth-order valence-electron chi connectivity index (χ4n) is 2.42. The van der Waals surface area contributed by atoms with E-state index >= 15 is 0 Å². The number of hydrogen-bond donors (Lipinski definition) is 3. The Bertz CT molecular complexity index is 753. The van der Waals surface area contributed by atoms with E-state index in [4.69, 9.17) is 19.8 Å². The summed E-state index contributed by atoms with van der Waals surface area (Å²) in [4.78, 5) is 66.3. The van der Waals surface area contributed by atoms with E-state index in [9.17, 15) is 19.2 Å². The Kier molecular flexibility index (Phi) is 4.92. The van der Waals surface area contributed by atoms with Crippen LogP contribution in [-0.4, -0.2) is 56.7 Å². The number of piperidine rings is 1. The molecule has 3 rings (SSSR count). The lowest BCUT2D eigenvalue weighted by Crippen LogP contribution is -2.54. The molecule has 1 fully saturated rings. The van der Waals surface area contributed by atoms with Gasteiger partial charge in [0.1, 0.15) is 6.04 Å². The maximum Gasteiger partial charge on any atom is 0.414 e. The predicted molar refractivity (Wildman–Crippen MR) is 78.4 cm³/mol. The van der Waals surface area contributed by atoms with Crippen LogP contribution in [0.1, 0.15) is 33.6 Å². The van der Waals surface area contributed by atoms with Crippen LogP contribution in [0.2, 0.25) is 0 Å². The number of fused-ring (bicyclic) bond motifs is 1. The second-order valence-corrected chi connectivity index (χ2v) is 5.10. The number of imide groups is 2. The van der Waals surface area contributed by atoms with E-state index in [1.165, 1.54) is 0 Å². The van der Waals surface area contributed by atoms with Gasteiger partial charge in [0.15, 0.2) is 0 Å². The van der Waals surface area contributed by atoms with Crippen molar-refractivity contribution in [1.29, 1.82) is 0 Å². The largest absolute Gasteiger partial charge is 0.473 e. The van der Waals surface area contributed by atoms with Crippen LogP contribution >= 0.6 is 0 Å². The number of nitrogens with one attached hydrogen (secondary N) is 1. The van der Waals surface area contributed by atoms with E-state index in [-0.39, 0.29) is 18.7 Å². The van der Waals surface area contributed by atoms with Crippen LogP contribution < -0.4 is 5.32 Å². The summed E-state index contributed by atoms with van der Waals surface area (Å²) in [5, 5.41) is 16.9. The lowest BCUT2D eigenvalue weighted by molar-refractivity contribution is -0.159. The minimum atomic E-state index is -1.82. The number of carbonyl (C=O) groups excluding carboxylic acids is 4. The van der Waals surface area contributed by atoms with E-state index in [1.54, 1.807) is 24.3 Å². The first-order chi connectivity index (χ1) is 11.7. The number of nitrogens with zero attached hydrogens (tertiary/aromatic N) is 1. The summed E-state index contributed by atoms with van der Waals surface area (Å²) < 4.78 is 0. The van der Waals surface area contributed by atoms with Crippen molar-refractivity contribution in [3.05, 3.63) is 35.4 Å². The molecule has 0 aromatic heterocycles. The van der Waals surface area contributed by atoms with Crippen molar-refractivity contribution in [2.45, 2.75) is 18.9 Å². The molecule has 2 aliphatic heterocycles. The number of carboxylic acids is 2. The van der Waals surface area contributed by atoms with E-state index in [1.807, 2.05) is 0 Å². The summed E-state index contributed by atoms with van der Waals surface area (Å²) >= 11 is 0. The summed E-state index contributed by atoms with van der Waals surface area (Å²) in [6.07, 6.45) is 0.306. The Morgan fingerprint density at radius 2 is 1.44 bits per heavy atom. The molecule has 2 heterocycles. The van der Waals surface area contributed by atoms with Gasteiger partial charge < -0.3 is 10.2 Å². The topological polar surface area (TPSA) is 158 Å². The van der Waals surface area contributed by atoms with Gasteiger partial charge in [-0.05, 0) is 18.6 Å². The van der Waals surface area contributed by atoms with Crippen molar-refractivity contribution in [3.63, 3.8) is 0 Å². The van der Waals surface area contributed by atoms with Crippen LogP contribution in [0, 0.1) is 0 Å². The van der Waals surface area contributed by atoms with Gasteiger partial charge in [0.25, 0.3) is 11.8 Å². The third kappa shape index (κ3) is 3.52. The van der Waals surface area contributed by atoms with Crippen molar-refractivity contribution in [2.24, 2.45) is 0 Å². The maximum atomic E-state index is 12.2. The second-order valence-electron chi connectivity index (χ2n) is 5.10. The Morgan fingerprint density at radius 3 is 1.84 bits per heavy atom. The molecule has 0 spiro atoms. The molecule has 1 atom stereocenters. The van der Waals surface area contributed by atoms with Gasteiger partial charge in [-0.25, -0.2) is 9.59 Å². The molecule has 1 unspecified atom stereocenters. The van der Waals surface area contributed by atoms with Crippen LogP contribution in [0.15, 0.2) is 24.3 Å². The van der Waals surface area contributed by atoms with E-state index in [2.05, 4.69) is 5.32 Å². The molecule has 2 aliphatic rings. The highest BCUT2D eigenvalue weighted by Gasteiger charge is 2.44. The highest BCUT2D eigenvalue weighted by Crippen LogP contribution is 2.26. The monoisotopic (exact) mass is 348 g/mol. The third-order valence-corrected chi connectivity index (χ3v) is 3.53. The molecule has 0 bridgehead atoms. The number of rotatable bonds is 1. The summed E-state index contributed by atoms with van der Waals surface area (Å²) in [7, 11) is 0. The molecule has 0 radical (unpaired) electrons. The molecule has 1 aromatic carbocycles. The lowest BCUT2D eigenvalue weighted by atomic mass is 10.0. The molecule has 1 saturated heterocycles. The molecule has 25 heavy (non-hydrogen) atoms. The molecule has 1 aromatic rings. The zero-order valence-corrected chi connectivity index (χ0v) is 12.6. The normalized spacial score (nSPS) is 18.9. The van der Waals surface area contributed by atoms with Gasteiger partial charge in [0.05, 0.1) is 11.1 Å². The summed E-state index contributed by atoms with van der Waals surface area (Å²) in [6, 6.07) is 5.55. The number of carboxylic acid groups (broad SMARTS) is 2. The zero-order chi connectivity index (χ0) is 18.7. The number of aliphatic carboxylic acids is 2. The summed E-state index contributed by atoms with van der Waals surface area (Å²) in [5.41, 5.74) is 0.606. The zero-order valence-electron chi connectivity index (χ0n) is 12.6. The van der Waals surface area contributed by atoms with Crippen molar-refractivity contribution in [1.82, 2.24) is 10.2 Å². The van der Waals surface area contributed by atoms with E-state index in [0.717, 1.165) is 4.90 Å². The molecule has 10 heteroatoms. The molecule has 4 amide bonds. The molecular weight excluding hydrogens is 336 g/mol. The van der Waals surface area contributed by atoms with Crippen LogP contribution in [0.25, 0.3) is 0 Å². The van der Waals surface area contributed by atoms with Crippen LogP contribution in [0.3, 0.4) is 0 Å². The van der Waals surface area contributed by atoms with Gasteiger partial charge in [-0.2, -0.15) is 0 Å². The van der Waals surface area contributed by atoms with Gasteiger partial charge in [-0.3, -0.25) is 29.4 Å². The molecule has 130 valence electrons. The first-order valence-electron chi connectivity index (χ1n) is 7.01. The molecule has 10 nitrogen and oxygen atoms in total. The number of carbonyl (C=O) groups is 6. The van der Waals surface area contributed by atoms with Crippen molar-refractivity contribution < 1.29 is 39.0 Å². The Hall–Kier alpha value is -3.56. The highest BCUT2D eigenvalue weighted by atomic mass is 16.4. The standard InChI is InChI=1S/C13H10N2O4.C2H2O4/c16-10-6-5-9(11(17)14-10)15-12(18)7-3-1-2-4-8(7)13(15)19;3-1(4)2(5)6/h1-4,9H,5-6H2,(H,14,16,17);(H,3,4)(H,5,6). The van der Waals surface area contributed by atoms with Crippen molar-refractivity contribution in [2.75, 3.05) is 0 Å². The molecule has 3 N–H and O–H groups in total. The first kappa shape index (κ1) is 17.8. The van der Waals surface area contributed by atoms with Crippen LogP contribution in [0.5, 0.6) is 0 Å². The van der Waals surface area contributed by atoms with Gasteiger partial charge >= 0.3 is 11.9 Å². The van der Waals surface area contributed by atoms with Gasteiger partial charge in [0, 0.05) is 6.42 Å². The minimum absolute atomic E-state index is 0.129. The first-order valence-corrected chi connectivity index (χ1v) is 7.01. The Labute approximate surface area is 140 Å². The number of amides is 4. The highest BCUT2D eigenvalue weighted by molar-refractivity contribution is 6.27. The molecule has 0 aliphatic carbocycles. The SMILES string of the molecule is O=C(O)C(=O)O.O=C1CCC(N2C(=O)c3ccccc3C2=O)C(=O)N1. The van der Waals surface area contributed by atoms with Crippen LogP contribution in [-0.2, 0) is 19.2 Å². The minimum Gasteiger partial charge on any atom is -0.473 e. The van der Waals surface area contributed by atoms with Crippen molar-refractivity contribution in [3.8, 4) is 0 Å². The fourth-order valence-corrected chi connectivity index (χ4v) is 2.42. The Balaban J connectivity index is 0.000000326. The van der Waals surface area contributed by atoms with Gasteiger partial charge in [-0.15, -0.1) is 0 Å². The number of hydrogen-bond acceptors (Lipinski definition) is 6. The van der Waals surface area contributed by atoms with Crippen LogP contribution in [0.4, 0.5) is 0 Å². The third-order valence-electron chi connectivity index (χ3n) is 3.53. The fraction of sp³-hybridized carbons (Fsp3) is 0.200. The number of benzene rings is 1. The molecular formula is C15H12N2O8. The average Bonchev–Trinajstić information content (AvgIpc) is 2.80. The predicted octanol–water partition coefficient (Wildman–Crippen LogP) is -0.757. The van der Waals surface area contributed by atoms with Gasteiger partial charge in [-0.1, -0.05) is 12.1 Å². The Morgan fingerprint density at radius 1 is 0.960 bits per heavy atom. The summed E-state index contributed by atoms with van der Waals surface area (Å²) in [5.74, 6) is -5.57.